The number of esters is 1. The van der Waals surface area contributed by atoms with E-state index in [9.17, 15) is 9.59 Å². The molecule has 0 radical (unpaired) electrons. The second kappa shape index (κ2) is 7.06. The van der Waals surface area contributed by atoms with Crippen molar-refractivity contribution in [3.05, 3.63) is 48.2 Å². The van der Waals surface area contributed by atoms with Crippen LogP contribution in [0.1, 0.15) is 31.1 Å². The van der Waals surface area contributed by atoms with Gasteiger partial charge >= 0.3 is 12.1 Å². The van der Waals surface area contributed by atoms with Gasteiger partial charge in [-0.25, -0.2) is 9.59 Å². The van der Waals surface area contributed by atoms with Crippen LogP contribution in [0.2, 0.25) is 0 Å². The van der Waals surface area contributed by atoms with Gasteiger partial charge in [0.25, 0.3) is 0 Å². The van der Waals surface area contributed by atoms with Crippen molar-refractivity contribution in [3.8, 4) is 11.4 Å². The van der Waals surface area contributed by atoms with Crippen LogP contribution in [0, 0.1) is 0 Å². The number of nitrogens with zero attached hydrogens (tertiary/aromatic N) is 3. The van der Waals surface area contributed by atoms with Crippen molar-refractivity contribution in [2.24, 2.45) is 0 Å². The molecule has 0 spiro atoms. The van der Waals surface area contributed by atoms with E-state index in [-0.39, 0.29) is 0 Å². The van der Waals surface area contributed by atoms with Crippen molar-refractivity contribution in [2.45, 2.75) is 26.4 Å². The zero-order chi connectivity index (χ0) is 19.6. The van der Waals surface area contributed by atoms with Crippen molar-refractivity contribution in [3.63, 3.8) is 0 Å². The quantitative estimate of drug-likeness (QED) is 0.711. The molecule has 2 heterocycles. The first kappa shape index (κ1) is 18.4. The fraction of sp³-hybridized carbons (Fsp3) is 0.263. The van der Waals surface area contributed by atoms with Gasteiger partial charge in [0.2, 0.25) is 0 Å². The van der Waals surface area contributed by atoms with E-state index >= 15 is 0 Å². The second-order valence-electron chi connectivity index (χ2n) is 6.83. The summed E-state index contributed by atoms with van der Waals surface area (Å²) in [6, 6.07) is 10.4. The number of hydrogen-bond acceptors (Lipinski definition) is 6. The molecule has 0 aliphatic carbocycles. The monoisotopic (exact) mass is 368 g/mol. The standard InChI is InChI=1S/C19H20N4O4/c1-19(2,3)27-18(25)20-13-9-7-12(8-10-13)15-21-22-16-14(17(24)26-4)6-5-11-23(15)16/h5-11H,1-4H3,(H,20,25). The van der Waals surface area contributed by atoms with Crippen molar-refractivity contribution in [2.75, 3.05) is 12.4 Å². The number of methoxy groups -OCH3 is 1. The first-order valence-corrected chi connectivity index (χ1v) is 8.31. The van der Waals surface area contributed by atoms with Crippen molar-refractivity contribution >= 4 is 23.4 Å². The molecule has 3 aromatic rings. The largest absolute Gasteiger partial charge is 0.465 e. The maximum absolute atomic E-state index is 11.9. The summed E-state index contributed by atoms with van der Waals surface area (Å²) in [6.45, 7) is 5.40. The molecule has 0 aliphatic rings. The summed E-state index contributed by atoms with van der Waals surface area (Å²) in [4.78, 5) is 23.7. The Bertz CT molecular complexity index is 987. The number of rotatable bonds is 3. The van der Waals surface area contributed by atoms with Crippen LogP contribution in [0.15, 0.2) is 42.6 Å². The molecule has 1 amide bonds. The Kier molecular flexibility index (Phi) is 4.81. The molecular weight excluding hydrogens is 348 g/mol. The lowest BCUT2D eigenvalue weighted by Gasteiger charge is -2.19. The third-order valence-electron chi connectivity index (χ3n) is 3.63. The fourth-order valence-corrected chi connectivity index (χ4v) is 2.51. The van der Waals surface area contributed by atoms with E-state index in [0.717, 1.165) is 5.56 Å². The number of ether oxygens (including phenoxy) is 2. The van der Waals surface area contributed by atoms with E-state index in [0.29, 0.717) is 22.7 Å². The van der Waals surface area contributed by atoms with Gasteiger partial charge in [0.15, 0.2) is 11.5 Å². The number of carbonyl (C=O) groups excluding carboxylic acids is 2. The zero-order valence-electron chi connectivity index (χ0n) is 15.5. The average Bonchev–Trinajstić information content (AvgIpc) is 3.04. The minimum atomic E-state index is -0.568. The highest BCUT2D eigenvalue weighted by Crippen LogP contribution is 2.22. The maximum atomic E-state index is 11.9. The molecule has 27 heavy (non-hydrogen) atoms. The van der Waals surface area contributed by atoms with Gasteiger partial charge in [-0.15, -0.1) is 10.2 Å². The van der Waals surface area contributed by atoms with E-state index < -0.39 is 17.7 Å². The van der Waals surface area contributed by atoms with E-state index in [2.05, 4.69) is 15.5 Å². The molecule has 140 valence electrons. The summed E-state index contributed by atoms with van der Waals surface area (Å²) in [5.74, 6) is 0.0935. The van der Waals surface area contributed by atoms with Crippen LogP contribution in [0.5, 0.6) is 0 Å². The SMILES string of the molecule is COC(=O)c1cccn2c(-c3ccc(NC(=O)OC(C)(C)C)cc3)nnc12. The molecule has 0 atom stereocenters. The summed E-state index contributed by atoms with van der Waals surface area (Å²) >= 11 is 0. The average molecular weight is 368 g/mol. The first-order valence-electron chi connectivity index (χ1n) is 8.31. The smallest absolute Gasteiger partial charge is 0.412 e. The topological polar surface area (TPSA) is 94.8 Å². The molecule has 3 rings (SSSR count). The number of aromatic nitrogens is 3. The van der Waals surface area contributed by atoms with E-state index in [4.69, 9.17) is 9.47 Å². The first-order chi connectivity index (χ1) is 12.8. The normalized spacial score (nSPS) is 11.3. The predicted octanol–water partition coefficient (Wildman–Crippen LogP) is 3.53. The van der Waals surface area contributed by atoms with Crippen LogP contribution in [0.3, 0.4) is 0 Å². The molecule has 0 aliphatic heterocycles. The summed E-state index contributed by atoms with van der Waals surface area (Å²) in [6.07, 6.45) is 1.25. The highest BCUT2D eigenvalue weighted by molar-refractivity contribution is 5.96. The number of pyridine rings is 1. The number of carbonyl (C=O) groups is 2. The summed E-state index contributed by atoms with van der Waals surface area (Å²) in [7, 11) is 1.32. The molecule has 0 saturated carbocycles. The van der Waals surface area contributed by atoms with Crippen LogP contribution in [-0.2, 0) is 9.47 Å². The van der Waals surface area contributed by atoms with Gasteiger partial charge in [0, 0.05) is 17.4 Å². The van der Waals surface area contributed by atoms with Gasteiger partial charge in [-0.2, -0.15) is 0 Å². The Balaban J connectivity index is 1.86. The number of anilines is 1. The number of fused-ring (bicyclic) bond motifs is 1. The Morgan fingerprint density at radius 1 is 1.07 bits per heavy atom. The lowest BCUT2D eigenvalue weighted by molar-refractivity contribution is 0.0599. The van der Waals surface area contributed by atoms with Gasteiger partial charge < -0.3 is 9.47 Å². The molecular formula is C19H20N4O4. The maximum Gasteiger partial charge on any atom is 0.412 e. The summed E-state index contributed by atoms with van der Waals surface area (Å²) < 4.78 is 11.7. The molecule has 0 unspecified atom stereocenters. The Morgan fingerprint density at radius 2 is 1.78 bits per heavy atom. The fourth-order valence-electron chi connectivity index (χ4n) is 2.51. The molecule has 0 fully saturated rings. The number of hydrogen-bond donors (Lipinski definition) is 1. The van der Waals surface area contributed by atoms with Crippen LogP contribution < -0.4 is 5.32 Å². The van der Waals surface area contributed by atoms with Gasteiger partial charge in [-0.3, -0.25) is 9.72 Å². The third kappa shape index (κ3) is 4.05. The minimum absolute atomic E-state index is 0.335. The molecule has 8 nitrogen and oxygen atoms in total. The van der Waals surface area contributed by atoms with Crippen LogP contribution in [0.25, 0.3) is 17.0 Å². The summed E-state index contributed by atoms with van der Waals surface area (Å²) in [5.41, 5.74) is 1.55. The number of amides is 1. The van der Waals surface area contributed by atoms with Crippen LogP contribution >= 0.6 is 0 Å². The Morgan fingerprint density at radius 3 is 2.41 bits per heavy atom. The molecule has 0 bridgehead atoms. The van der Waals surface area contributed by atoms with Crippen molar-refractivity contribution in [1.82, 2.24) is 14.6 Å². The van der Waals surface area contributed by atoms with Gasteiger partial charge in [0.1, 0.15) is 11.2 Å². The van der Waals surface area contributed by atoms with Crippen molar-refractivity contribution in [1.29, 1.82) is 0 Å². The third-order valence-corrected chi connectivity index (χ3v) is 3.63. The Labute approximate surface area is 156 Å². The lowest BCUT2D eigenvalue weighted by Crippen LogP contribution is -2.27. The van der Waals surface area contributed by atoms with Crippen LogP contribution in [0.4, 0.5) is 10.5 Å². The number of benzene rings is 1. The van der Waals surface area contributed by atoms with Crippen molar-refractivity contribution < 1.29 is 19.1 Å². The highest BCUT2D eigenvalue weighted by Gasteiger charge is 2.17. The zero-order valence-corrected chi connectivity index (χ0v) is 15.5. The molecule has 1 aromatic carbocycles. The molecule has 0 saturated heterocycles. The number of nitrogens with one attached hydrogen (secondary N) is 1. The predicted molar refractivity (Wildman–Crippen MR) is 99.6 cm³/mol. The highest BCUT2D eigenvalue weighted by atomic mass is 16.6. The van der Waals surface area contributed by atoms with E-state index in [1.165, 1.54) is 7.11 Å². The van der Waals surface area contributed by atoms with Gasteiger partial charge in [0.05, 0.1) is 7.11 Å². The molecule has 2 aromatic heterocycles. The van der Waals surface area contributed by atoms with E-state index in [1.807, 2.05) is 0 Å². The Hall–Kier alpha value is -3.42. The second-order valence-corrected chi connectivity index (χ2v) is 6.83. The lowest BCUT2D eigenvalue weighted by atomic mass is 10.2. The molecule has 8 heteroatoms. The van der Waals surface area contributed by atoms with Gasteiger partial charge in [-0.05, 0) is 57.2 Å². The van der Waals surface area contributed by atoms with Crippen LogP contribution in [-0.4, -0.2) is 39.4 Å². The molecule has 1 N–H and O–H groups in total. The minimum Gasteiger partial charge on any atom is -0.465 e. The summed E-state index contributed by atoms with van der Waals surface area (Å²) in [5, 5.41) is 10.9. The van der Waals surface area contributed by atoms with E-state index in [1.54, 1.807) is 67.8 Å². The van der Waals surface area contributed by atoms with Gasteiger partial charge in [-0.1, -0.05) is 0 Å².